The summed E-state index contributed by atoms with van der Waals surface area (Å²) < 4.78 is 7.97. The molecule has 0 fully saturated rings. The molecule has 0 spiro atoms. The summed E-state index contributed by atoms with van der Waals surface area (Å²) >= 11 is 3.38. The van der Waals surface area contributed by atoms with Gasteiger partial charge in [-0.05, 0) is 30.3 Å². The van der Waals surface area contributed by atoms with Crippen LogP contribution in [-0.2, 0) is 23.1 Å². The molecule has 0 saturated carbocycles. The first kappa shape index (κ1) is 22.7. The summed E-state index contributed by atoms with van der Waals surface area (Å²) in [5, 5.41) is 2.82. The number of nitrogens with one attached hydrogen (secondary N) is 1. The number of urea groups is 1. The first-order chi connectivity index (χ1) is 13.9. The number of aromatic nitrogens is 1. The summed E-state index contributed by atoms with van der Waals surface area (Å²) in [6, 6.07) is 10.8. The highest BCUT2D eigenvalue weighted by atomic mass is 79.9. The minimum absolute atomic E-state index is 0.0556. The van der Waals surface area contributed by atoms with Gasteiger partial charge in [-0.1, -0.05) is 28.1 Å². The van der Waals surface area contributed by atoms with Crippen LogP contribution in [0.5, 0.6) is 0 Å². The van der Waals surface area contributed by atoms with Crippen LogP contribution in [0.1, 0.15) is 5.69 Å². The molecule has 3 amide bonds. The molecule has 7 nitrogen and oxygen atoms in total. The van der Waals surface area contributed by atoms with Crippen molar-refractivity contribution in [1.29, 1.82) is 0 Å². The van der Waals surface area contributed by atoms with Crippen LogP contribution >= 0.6 is 15.9 Å². The Balaban J connectivity index is 2.08. The number of carbonyl (C=O) groups is 2. The van der Waals surface area contributed by atoms with Crippen LogP contribution in [0.2, 0.25) is 0 Å². The van der Waals surface area contributed by atoms with Gasteiger partial charge in [0.1, 0.15) is 6.54 Å². The molecule has 0 aliphatic carbocycles. The monoisotopic (exact) mass is 462 g/mol. The Hall–Kier alpha value is -2.58. The largest absolute Gasteiger partial charge is 0.383 e. The zero-order valence-electron chi connectivity index (χ0n) is 16.8. The van der Waals surface area contributed by atoms with E-state index in [4.69, 9.17) is 4.74 Å². The molecular weight excluding hydrogens is 436 g/mol. The Kier molecular flexibility index (Phi) is 8.95. The van der Waals surface area contributed by atoms with Gasteiger partial charge in [0.25, 0.3) is 0 Å². The molecular formula is C21H27BrN4O3. The SMILES string of the molecule is C=CCN(CC(=O)N(CCOC)Cc1cccn1C)C(=O)Nc1cccc(Br)c1. The van der Waals surface area contributed by atoms with Crippen LogP contribution in [0.3, 0.4) is 0 Å². The number of anilines is 1. The van der Waals surface area contributed by atoms with Crippen LogP contribution in [-0.4, -0.2) is 59.7 Å². The van der Waals surface area contributed by atoms with Gasteiger partial charge in [-0.3, -0.25) is 4.79 Å². The van der Waals surface area contributed by atoms with E-state index in [-0.39, 0.29) is 25.0 Å². The number of amides is 3. The Labute approximate surface area is 180 Å². The predicted octanol–water partition coefficient (Wildman–Crippen LogP) is 3.48. The van der Waals surface area contributed by atoms with Crippen molar-refractivity contribution in [2.45, 2.75) is 6.54 Å². The normalized spacial score (nSPS) is 10.4. The van der Waals surface area contributed by atoms with Crippen LogP contribution in [0.15, 0.2) is 59.7 Å². The molecule has 1 aromatic carbocycles. The molecule has 29 heavy (non-hydrogen) atoms. The minimum Gasteiger partial charge on any atom is -0.383 e. The fourth-order valence-corrected chi connectivity index (χ4v) is 3.16. The number of carbonyl (C=O) groups excluding carboxylic acids is 2. The van der Waals surface area contributed by atoms with Crippen molar-refractivity contribution in [3.63, 3.8) is 0 Å². The number of benzene rings is 1. The summed E-state index contributed by atoms with van der Waals surface area (Å²) in [4.78, 5) is 28.8. The van der Waals surface area contributed by atoms with Crippen molar-refractivity contribution in [1.82, 2.24) is 14.4 Å². The van der Waals surface area contributed by atoms with E-state index in [9.17, 15) is 9.59 Å². The van der Waals surface area contributed by atoms with Crippen molar-refractivity contribution in [3.05, 3.63) is 65.4 Å². The fraction of sp³-hybridized carbons (Fsp3) is 0.333. The Morgan fingerprint density at radius 1 is 1.28 bits per heavy atom. The number of aryl methyl sites for hydroxylation is 1. The molecule has 2 rings (SSSR count). The number of hydrogen-bond donors (Lipinski definition) is 1. The van der Waals surface area contributed by atoms with E-state index in [0.29, 0.717) is 25.4 Å². The van der Waals surface area contributed by atoms with E-state index in [1.807, 2.05) is 42.1 Å². The molecule has 0 radical (unpaired) electrons. The molecule has 0 bridgehead atoms. The number of ether oxygens (including phenoxy) is 1. The highest BCUT2D eigenvalue weighted by Gasteiger charge is 2.21. The van der Waals surface area contributed by atoms with Crippen molar-refractivity contribution in [2.75, 3.05) is 38.7 Å². The quantitative estimate of drug-likeness (QED) is 0.549. The van der Waals surface area contributed by atoms with Crippen LogP contribution < -0.4 is 5.32 Å². The van der Waals surface area contributed by atoms with Crippen molar-refractivity contribution >= 4 is 33.6 Å². The van der Waals surface area contributed by atoms with Crippen LogP contribution in [0, 0.1) is 0 Å². The third-order valence-corrected chi connectivity index (χ3v) is 4.85. The topological polar surface area (TPSA) is 66.8 Å². The van der Waals surface area contributed by atoms with Gasteiger partial charge in [0.05, 0.1) is 13.2 Å². The van der Waals surface area contributed by atoms with E-state index in [1.165, 1.54) is 4.90 Å². The summed E-state index contributed by atoms with van der Waals surface area (Å²) in [6.07, 6.45) is 3.54. The maximum Gasteiger partial charge on any atom is 0.322 e. The van der Waals surface area contributed by atoms with Gasteiger partial charge >= 0.3 is 6.03 Å². The van der Waals surface area contributed by atoms with Gasteiger partial charge in [0.15, 0.2) is 0 Å². The molecule has 1 N–H and O–H groups in total. The molecule has 1 heterocycles. The second kappa shape index (κ2) is 11.4. The van der Waals surface area contributed by atoms with Gasteiger partial charge < -0.3 is 24.4 Å². The first-order valence-electron chi connectivity index (χ1n) is 9.24. The van der Waals surface area contributed by atoms with Gasteiger partial charge in [-0.25, -0.2) is 4.79 Å². The third kappa shape index (κ3) is 7.07. The minimum atomic E-state index is -0.359. The number of nitrogens with zero attached hydrogens (tertiary/aromatic N) is 3. The van der Waals surface area contributed by atoms with Gasteiger partial charge in [-0.2, -0.15) is 0 Å². The number of methoxy groups -OCH3 is 1. The van der Waals surface area contributed by atoms with Crippen LogP contribution in [0.4, 0.5) is 10.5 Å². The van der Waals surface area contributed by atoms with Crippen molar-refractivity contribution in [2.24, 2.45) is 7.05 Å². The third-order valence-electron chi connectivity index (χ3n) is 4.36. The van der Waals surface area contributed by atoms with E-state index in [2.05, 4.69) is 27.8 Å². The van der Waals surface area contributed by atoms with Gasteiger partial charge in [0.2, 0.25) is 5.91 Å². The lowest BCUT2D eigenvalue weighted by Crippen LogP contribution is -2.45. The molecule has 0 saturated heterocycles. The maximum atomic E-state index is 13.0. The Morgan fingerprint density at radius 2 is 2.07 bits per heavy atom. The first-order valence-corrected chi connectivity index (χ1v) is 10.0. The predicted molar refractivity (Wildman–Crippen MR) is 118 cm³/mol. The molecule has 0 aliphatic rings. The Morgan fingerprint density at radius 3 is 2.69 bits per heavy atom. The standard InChI is InChI=1S/C21H27BrN4O3/c1-4-10-26(21(28)23-18-8-5-7-17(22)14-18)16-20(27)25(12-13-29-3)15-19-9-6-11-24(19)2/h4-9,11,14H,1,10,12-13,15-16H2,2-3H3,(H,23,28). The molecule has 8 heteroatoms. The number of halogens is 1. The van der Waals surface area contributed by atoms with Crippen molar-refractivity contribution < 1.29 is 14.3 Å². The molecule has 0 unspecified atom stereocenters. The Bertz CT molecular complexity index is 837. The van der Waals surface area contributed by atoms with E-state index < -0.39 is 0 Å². The molecule has 156 valence electrons. The lowest BCUT2D eigenvalue weighted by atomic mass is 10.3. The lowest BCUT2D eigenvalue weighted by molar-refractivity contribution is -0.133. The molecule has 0 aliphatic heterocycles. The van der Waals surface area contributed by atoms with Gasteiger partial charge in [0, 0.05) is 49.3 Å². The molecule has 0 atom stereocenters. The maximum absolute atomic E-state index is 13.0. The summed E-state index contributed by atoms with van der Waals surface area (Å²) in [6.45, 7) is 5.21. The molecule has 2 aromatic rings. The smallest absolute Gasteiger partial charge is 0.322 e. The number of hydrogen-bond acceptors (Lipinski definition) is 3. The fourth-order valence-electron chi connectivity index (χ4n) is 2.76. The van der Waals surface area contributed by atoms with E-state index in [1.54, 1.807) is 30.2 Å². The highest BCUT2D eigenvalue weighted by molar-refractivity contribution is 9.10. The second-order valence-corrected chi connectivity index (χ2v) is 7.44. The average Bonchev–Trinajstić information content (AvgIpc) is 3.09. The van der Waals surface area contributed by atoms with Crippen molar-refractivity contribution in [3.8, 4) is 0 Å². The summed E-state index contributed by atoms with van der Waals surface area (Å²) in [5.41, 5.74) is 1.65. The van der Waals surface area contributed by atoms with E-state index in [0.717, 1.165) is 10.2 Å². The van der Waals surface area contributed by atoms with E-state index >= 15 is 0 Å². The van der Waals surface area contributed by atoms with Crippen LogP contribution in [0.25, 0.3) is 0 Å². The average molecular weight is 463 g/mol. The lowest BCUT2D eigenvalue weighted by Gasteiger charge is -2.27. The number of rotatable bonds is 10. The zero-order valence-corrected chi connectivity index (χ0v) is 18.4. The summed E-state index contributed by atoms with van der Waals surface area (Å²) in [5.74, 6) is -0.158. The second-order valence-electron chi connectivity index (χ2n) is 6.53. The molecule has 1 aromatic heterocycles. The highest BCUT2D eigenvalue weighted by Crippen LogP contribution is 2.16. The summed E-state index contributed by atoms with van der Waals surface area (Å²) in [7, 11) is 3.53. The zero-order chi connectivity index (χ0) is 21.2. The van der Waals surface area contributed by atoms with Gasteiger partial charge in [-0.15, -0.1) is 6.58 Å².